The third-order valence-corrected chi connectivity index (χ3v) is 5.28. The van der Waals surface area contributed by atoms with E-state index in [2.05, 4.69) is 5.32 Å². The van der Waals surface area contributed by atoms with Gasteiger partial charge in [0.05, 0.1) is 5.69 Å². The lowest BCUT2D eigenvalue weighted by molar-refractivity contribution is -0.123. The fraction of sp³-hybridized carbons (Fsp3) is 0.120. The first-order chi connectivity index (χ1) is 15.0. The smallest absolute Gasteiger partial charge is 0.294 e. The van der Waals surface area contributed by atoms with Gasteiger partial charge in [-0.3, -0.25) is 14.5 Å². The van der Waals surface area contributed by atoms with Gasteiger partial charge in [-0.15, -0.1) is 0 Å². The normalized spacial score (nSPS) is 14.2. The molecule has 0 atom stereocenters. The molecule has 0 spiro atoms. The Morgan fingerprint density at radius 3 is 2.65 bits per heavy atom. The first kappa shape index (κ1) is 20.7. The van der Waals surface area contributed by atoms with Crippen LogP contribution in [-0.2, 0) is 16.1 Å². The van der Waals surface area contributed by atoms with Crippen LogP contribution >= 0.6 is 11.6 Å². The predicted octanol–water partition coefficient (Wildman–Crippen LogP) is 4.73. The largest absolute Gasteiger partial charge is 0.449 e. The van der Waals surface area contributed by atoms with Crippen LogP contribution in [0.4, 0.5) is 5.69 Å². The highest BCUT2D eigenvalue weighted by molar-refractivity contribution is 6.31. The molecule has 5 nitrogen and oxygen atoms in total. The Morgan fingerprint density at radius 2 is 1.84 bits per heavy atom. The molecule has 0 fully saturated rings. The van der Waals surface area contributed by atoms with Crippen LogP contribution in [0.2, 0.25) is 5.02 Å². The molecule has 31 heavy (non-hydrogen) atoms. The third-order valence-electron chi connectivity index (χ3n) is 4.91. The molecule has 1 aliphatic heterocycles. The van der Waals surface area contributed by atoms with Crippen LogP contribution in [0.15, 0.2) is 78.6 Å². The Bertz CT molecular complexity index is 1170. The van der Waals surface area contributed by atoms with E-state index < -0.39 is 0 Å². The Hall–Kier alpha value is -3.57. The molecule has 3 aromatic rings. The molecule has 1 N–H and O–H groups in total. The van der Waals surface area contributed by atoms with Gasteiger partial charge in [0.2, 0.25) is 5.91 Å². The van der Waals surface area contributed by atoms with Crippen LogP contribution in [0.5, 0.6) is 5.75 Å². The molecule has 3 aromatic carbocycles. The number of anilines is 1. The number of aryl methyl sites for hydroxylation is 1. The summed E-state index contributed by atoms with van der Waals surface area (Å²) in [6.45, 7) is 2.13. The maximum absolute atomic E-state index is 13.2. The van der Waals surface area contributed by atoms with E-state index in [4.69, 9.17) is 16.3 Å². The van der Waals surface area contributed by atoms with Crippen molar-refractivity contribution in [2.75, 3.05) is 11.4 Å². The number of benzene rings is 3. The Morgan fingerprint density at radius 1 is 1.06 bits per heavy atom. The van der Waals surface area contributed by atoms with Crippen molar-refractivity contribution < 1.29 is 14.3 Å². The maximum Gasteiger partial charge on any atom is 0.294 e. The number of para-hydroxylation sites is 2. The molecule has 6 heteroatoms. The van der Waals surface area contributed by atoms with Crippen LogP contribution in [0.25, 0.3) is 6.08 Å². The number of ether oxygens (including phenoxy) is 1. The van der Waals surface area contributed by atoms with Crippen molar-refractivity contribution in [3.8, 4) is 5.75 Å². The second kappa shape index (κ2) is 9.06. The fourth-order valence-electron chi connectivity index (χ4n) is 3.37. The number of fused-ring (bicyclic) bond motifs is 1. The Kier molecular flexibility index (Phi) is 6.05. The summed E-state index contributed by atoms with van der Waals surface area (Å²) in [5.74, 6) is 0.0380. The van der Waals surface area contributed by atoms with Gasteiger partial charge in [-0.1, -0.05) is 71.8 Å². The standard InChI is InChI=1S/C25H21ClN2O3/c1-17-7-6-8-18(13-17)14-23-25(30)28(21-11-4-5-12-22(21)31-23)16-24(29)27-15-19-9-2-3-10-20(19)26/h2-14H,15-16H2,1H3,(H,27,29)/b23-14+. The van der Waals surface area contributed by atoms with E-state index in [1.165, 1.54) is 4.90 Å². The number of amides is 2. The summed E-state index contributed by atoms with van der Waals surface area (Å²) in [5.41, 5.74) is 3.30. The van der Waals surface area contributed by atoms with E-state index in [0.29, 0.717) is 16.5 Å². The highest BCUT2D eigenvalue weighted by Crippen LogP contribution is 2.35. The van der Waals surface area contributed by atoms with Gasteiger partial charge >= 0.3 is 0 Å². The molecule has 0 unspecified atom stereocenters. The van der Waals surface area contributed by atoms with Gasteiger partial charge in [-0.05, 0) is 42.3 Å². The number of nitrogens with one attached hydrogen (secondary N) is 1. The van der Waals surface area contributed by atoms with Crippen molar-refractivity contribution in [3.05, 3.63) is 100 Å². The second-order valence-electron chi connectivity index (χ2n) is 7.25. The lowest BCUT2D eigenvalue weighted by Crippen LogP contribution is -2.44. The van der Waals surface area contributed by atoms with Crippen molar-refractivity contribution in [2.45, 2.75) is 13.5 Å². The molecule has 2 amide bonds. The van der Waals surface area contributed by atoms with Crippen LogP contribution in [0, 0.1) is 6.92 Å². The maximum atomic E-state index is 13.2. The summed E-state index contributed by atoms with van der Waals surface area (Å²) >= 11 is 6.16. The molecule has 4 rings (SSSR count). The molecule has 0 aromatic heterocycles. The number of hydrogen-bond acceptors (Lipinski definition) is 3. The molecule has 1 heterocycles. The number of nitrogens with zero attached hydrogens (tertiary/aromatic N) is 1. The quantitative estimate of drug-likeness (QED) is 0.593. The zero-order chi connectivity index (χ0) is 21.8. The van der Waals surface area contributed by atoms with Crippen LogP contribution in [0.1, 0.15) is 16.7 Å². The van der Waals surface area contributed by atoms with Crippen molar-refractivity contribution in [1.82, 2.24) is 5.32 Å². The second-order valence-corrected chi connectivity index (χ2v) is 7.66. The third kappa shape index (κ3) is 4.78. The summed E-state index contributed by atoms with van der Waals surface area (Å²) in [5, 5.41) is 3.42. The van der Waals surface area contributed by atoms with Gasteiger partial charge in [0.15, 0.2) is 11.5 Å². The molecule has 0 radical (unpaired) electrons. The lowest BCUT2D eigenvalue weighted by atomic mass is 10.1. The van der Waals surface area contributed by atoms with Gasteiger partial charge < -0.3 is 10.1 Å². The Labute approximate surface area is 185 Å². The molecular weight excluding hydrogens is 412 g/mol. The molecule has 0 aliphatic carbocycles. The van der Waals surface area contributed by atoms with Crippen molar-refractivity contribution >= 4 is 35.2 Å². The molecule has 0 saturated carbocycles. The molecule has 156 valence electrons. The summed E-state index contributed by atoms with van der Waals surface area (Å²) in [6, 6.07) is 22.2. The zero-order valence-electron chi connectivity index (χ0n) is 17.0. The summed E-state index contributed by atoms with van der Waals surface area (Å²) < 4.78 is 5.87. The number of hydrogen-bond donors (Lipinski definition) is 1. The monoisotopic (exact) mass is 432 g/mol. The van der Waals surface area contributed by atoms with Gasteiger partial charge in [0, 0.05) is 11.6 Å². The van der Waals surface area contributed by atoms with Gasteiger partial charge in [0.1, 0.15) is 6.54 Å². The Balaban J connectivity index is 1.56. The van der Waals surface area contributed by atoms with Crippen LogP contribution < -0.4 is 15.0 Å². The van der Waals surface area contributed by atoms with Crippen molar-refractivity contribution in [2.24, 2.45) is 0 Å². The summed E-state index contributed by atoms with van der Waals surface area (Å²) in [7, 11) is 0. The van der Waals surface area contributed by atoms with Gasteiger partial charge in [-0.2, -0.15) is 0 Å². The minimum atomic E-state index is -0.368. The first-order valence-corrected chi connectivity index (χ1v) is 10.3. The van der Waals surface area contributed by atoms with Crippen molar-refractivity contribution in [1.29, 1.82) is 0 Å². The summed E-state index contributed by atoms with van der Waals surface area (Å²) in [6.07, 6.45) is 1.69. The van der Waals surface area contributed by atoms with Crippen LogP contribution in [-0.4, -0.2) is 18.4 Å². The highest BCUT2D eigenvalue weighted by atomic mass is 35.5. The predicted molar refractivity (Wildman–Crippen MR) is 122 cm³/mol. The first-order valence-electron chi connectivity index (χ1n) is 9.88. The summed E-state index contributed by atoms with van der Waals surface area (Å²) in [4.78, 5) is 27.3. The van der Waals surface area contributed by atoms with E-state index in [-0.39, 0.29) is 30.7 Å². The minimum absolute atomic E-state index is 0.130. The van der Waals surface area contributed by atoms with E-state index in [0.717, 1.165) is 16.7 Å². The molecule has 1 aliphatic rings. The highest BCUT2D eigenvalue weighted by Gasteiger charge is 2.31. The van der Waals surface area contributed by atoms with Crippen molar-refractivity contribution in [3.63, 3.8) is 0 Å². The van der Waals surface area contributed by atoms with E-state index in [1.54, 1.807) is 30.3 Å². The number of rotatable bonds is 5. The van der Waals surface area contributed by atoms with Gasteiger partial charge in [0.25, 0.3) is 5.91 Å². The number of carbonyl (C=O) groups is 2. The van der Waals surface area contributed by atoms with Gasteiger partial charge in [-0.25, -0.2) is 0 Å². The fourth-order valence-corrected chi connectivity index (χ4v) is 3.57. The topological polar surface area (TPSA) is 58.6 Å². The van der Waals surface area contributed by atoms with E-state index in [1.807, 2.05) is 55.5 Å². The SMILES string of the molecule is Cc1cccc(/C=C2/Oc3ccccc3N(CC(=O)NCc3ccccc3Cl)C2=O)c1. The zero-order valence-corrected chi connectivity index (χ0v) is 17.7. The van der Waals surface area contributed by atoms with E-state index in [9.17, 15) is 9.59 Å². The average Bonchev–Trinajstić information content (AvgIpc) is 2.76. The average molecular weight is 433 g/mol. The van der Waals surface area contributed by atoms with Crippen LogP contribution in [0.3, 0.4) is 0 Å². The molecule has 0 bridgehead atoms. The number of carbonyl (C=O) groups excluding carboxylic acids is 2. The minimum Gasteiger partial charge on any atom is -0.449 e. The molecule has 0 saturated heterocycles. The number of halogens is 1. The van der Waals surface area contributed by atoms with E-state index >= 15 is 0 Å². The molecular formula is C25H21ClN2O3. The lowest BCUT2D eigenvalue weighted by Gasteiger charge is -2.30.